The Morgan fingerprint density at radius 1 is 1.29 bits per heavy atom. The van der Waals surface area contributed by atoms with Crippen LogP contribution >= 0.6 is 0 Å². The van der Waals surface area contributed by atoms with Gasteiger partial charge in [-0.3, -0.25) is 14.4 Å². The van der Waals surface area contributed by atoms with Crippen molar-refractivity contribution in [2.75, 3.05) is 0 Å². The first kappa shape index (κ1) is 20.8. The van der Waals surface area contributed by atoms with Crippen LogP contribution in [-0.4, -0.2) is 46.9 Å². The smallest absolute Gasteiger partial charge is 0.309 e. The average molecular weight is 394 g/mol. The predicted molar refractivity (Wildman–Crippen MR) is 98.9 cm³/mol. The first-order valence-corrected chi connectivity index (χ1v) is 9.95. The lowest BCUT2D eigenvalue weighted by Gasteiger charge is -2.33. The summed E-state index contributed by atoms with van der Waals surface area (Å²) < 4.78 is 16.9. The minimum absolute atomic E-state index is 0.196. The van der Waals surface area contributed by atoms with Crippen molar-refractivity contribution in [3.8, 4) is 0 Å². The number of ether oxygens (including phenoxy) is 3. The van der Waals surface area contributed by atoms with E-state index in [0.717, 1.165) is 11.1 Å². The van der Waals surface area contributed by atoms with Gasteiger partial charge in [0.15, 0.2) is 0 Å². The molecule has 2 fully saturated rings. The largest absolute Gasteiger partial charge is 0.462 e. The molecule has 0 amide bonds. The van der Waals surface area contributed by atoms with Crippen LogP contribution in [0.25, 0.3) is 0 Å². The van der Waals surface area contributed by atoms with Crippen molar-refractivity contribution in [1.29, 1.82) is 0 Å². The van der Waals surface area contributed by atoms with Crippen LogP contribution in [0.2, 0.25) is 0 Å². The molecule has 156 valence electrons. The summed E-state index contributed by atoms with van der Waals surface area (Å²) >= 11 is 0. The summed E-state index contributed by atoms with van der Waals surface area (Å²) in [5.74, 6) is -2.58. The Balaban J connectivity index is 2.05. The van der Waals surface area contributed by atoms with E-state index in [-0.39, 0.29) is 36.1 Å². The van der Waals surface area contributed by atoms with Gasteiger partial charge in [-0.05, 0) is 31.4 Å². The van der Waals surface area contributed by atoms with Crippen molar-refractivity contribution in [1.82, 2.24) is 0 Å². The third-order valence-electron chi connectivity index (χ3n) is 6.45. The van der Waals surface area contributed by atoms with E-state index >= 15 is 0 Å². The molecule has 1 saturated heterocycles. The molecule has 0 aromatic carbocycles. The Labute approximate surface area is 165 Å². The van der Waals surface area contributed by atoms with Crippen molar-refractivity contribution in [2.24, 2.45) is 23.7 Å². The number of esters is 3. The van der Waals surface area contributed by atoms with E-state index < -0.39 is 35.8 Å². The molecule has 2 aliphatic carbocycles. The fourth-order valence-corrected chi connectivity index (χ4v) is 4.94. The fraction of sp³-hybridized carbons (Fsp3) is 0.762. The van der Waals surface area contributed by atoms with E-state index in [1.807, 2.05) is 6.92 Å². The van der Waals surface area contributed by atoms with Crippen LogP contribution in [0.3, 0.4) is 0 Å². The quantitative estimate of drug-likeness (QED) is 0.445. The zero-order valence-corrected chi connectivity index (χ0v) is 17.4. The van der Waals surface area contributed by atoms with E-state index in [1.165, 1.54) is 6.92 Å². The maximum atomic E-state index is 12.4. The molecule has 0 radical (unpaired) electrons. The van der Waals surface area contributed by atoms with Crippen LogP contribution in [0.5, 0.6) is 0 Å². The predicted octanol–water partition coefficient (Wildman–Crippen LogP) is 2.15. The van der Waals surface area contributed by atoms with E-state index in [9.17, 15) is 19.5 Å². The van der Waals surface area contributed by atoms with E-state index in [4.69, 9.17) is 14.2 Å². The van der Waals surface area contributed by atoms with E-state index in [2.05, 4.69) is 0 Å². The first-order valence-electron chi connectivity index (χ1n) is 9.95. The van der Waals surface area contributed by atoms with Gasteiger partial charge < -0.3 is 19.3 Å². The molecule has 1 heterocycles. The SMILES string of the molecule is CC(=O)O[C@H]1C[C@@H]2C(=C1C)[C@H]1OC(=O)[C@@H](C)[C@@H]1[C@H](OC(=O)C(C)C)C[C@@]2(C)O. The highest BCUT2D eigenvalue weighted by Gasteiger charge is 2.59. The lowest BCUT2D eigenvalue weighted by atomic mass is 9.81. The second-order valence-corrected chi connectivity index (χ2v) is 8.94. The zero-order chi connectivity index (χ0) is 21.0. The summed E-state index contributed by atoms with van der Waals surface area (Å²) in [5, 5.41) is 11.3. The molecule has 0 aromatic heterocycles. The first-order chi connectivity index (χ1) is 12.9. The number of carbonyl (C=O) groups excluding carboxylic acids is 3. The van der Waals surface area contributed by atoms with Crippen LogP contribution in [-0.2, 0) is 28.6 Å². The molecular weight excluding hydrogens is 364 g/mol. The van der Waals surface area contributed by atoms with Gasteiger partial charge in [0.25, 0.3) is 0 Å². The monoisotopic (exact) mass is 394 g/mol. The van der Waals surface area contributed by atoms with Gasteiger partial charge in [0, 0.05) is 19.3 Å². The molecule has 7 heteroatoms. The van der Waals surface area contributed by atoms with Gasteiger partial charge in [0.1, 0.15) is 18.3 Å². The summed E-state index contributed by atoms with van der Waals surface area (Å²) in [7, 11) is 0. The summed E-state index contributed by atoms with van der Waals surface area (Å²) in [6.07, 6.45) is -1.05. The normalized spacial score (nSPS) is 39.9. The molecule has 0 bridgehead atoms. The third-order valence-corrected chi connectivity index (χ3v) is 6.45. The highest BCUT2D eigenvalue weighted by molar-refractivity contribution is 5.76. The number of fused-ring (bicyclic) bond motifs is 3. The molecule has 1 aliphatic heterocycles. The minimum Gasteiger partial charge on any atom is -0.462 e. The van der Waals surface area contributed by atoms with Crippen molar-refractivity contribution >= 4 is 17.9 Å². The van der Waals surface area contributed by atoms with Crippen molar-refractivity contribution in [3.63, 3.8) is 0 Å². The second-order valence-electron chi connectivity index (χ2n) is 8.94. The number of hydrogen-bond donors (Lipinski definition) is 1. The molecular formula is C21H30O7. The van der Waals surface area contributed by atoms with Crippen molar-refractivity contribution in [3.05, 3.63) is 11.1 Å². The maximum absolute atomic E-state index is 12.4. The van der Waals surface area contributed by atoms with Gasteiger partial charge in [-0.15, -0.1) is 0 Å². The van der Waals surface area contributed by atoms with Crippen molar-refractivity contribution in [2.45, 2.75) is 78.3 Å². The Morgan fingerprint density at radius 3 is 2.50 bits per heavy atom. The summed E-state index contributed by atoms with van der Waals surface area (Å²) in [5.41, 5.74) is 0.430. The maximum Gasteiger partial charge on any atom is 0.309 e. The van der Waals surface area contributed by atoms with Crippen LogP contribution in [0, 0.1) is 23.7 Å². The number of carbonyl (C=O) groups is 3. The zero-order valence-electron chi connectivity index (χ0n) is 17.4. The Morgan fingerprint density at radius 2 is 1.93 bits per heavy atom. The van der Waals surface area contributed by atoms with Crippen LogP contribution in [0.15, 0.2) is 11.1 Å². The van der Waals surface area contributed by atoms with Gasteiger partial charge in [-0.2, -0.15) is 0 Å². The lowest BCUT2D eigenvalue weighted by Crippen LogP contribution is -2.41. The van der Waals surface area contributed by atoms with Crippen LogP contribution in [0.1, 0.15) is 54.4 Å². The minimum atomic E-state index is -1.19. The molecule has 7 nitrogen and oxygen atoms in total. The van der Waals surface area contributed by atoms with E-state index in [1.54, 1.807) is 27.7 Å². The number of hydrogen-bond acceptors (Lipinski definition) is 7. The molecule has 7 atom stereocenters. The van der Waals surface area contributed by atoms with Gasteiger partial charge in [-0.1, -0.05) is 20.8 Å². The standard InChI is InChI=1S/C21H30O7/c1-9(2)19(23)27-15-8-21(6,25)13-7-14(26-12(5)22)10(3)16(13)18-17(15)11(4)20(24)28-18/h9,11,13-15,17-18,25H,7-8H2,1-6H3/t11-,13+,14-,15+,17+,18+,21+/m0/s1. The molecule has 0 spiro atoms. The molecule has 28 heavy (non-hydrogen) atoms. The molecule has 1 saturated carbocycles. The van der Waals surface area contributed by atoms with Gasteiger partial charge in [-0.25, -0.2) is 0 Å². The average Bonchev–Trinajstić information content (AvgIpc) is 3.01. The molecule has 3 rings (SSSR count). The van der Waals surface area contributed by atoms with Gasteiger partial charge in [0.2, 0.25) is 0 Å². The molecule has 0 unspecified atom stereocenters. The van der Waals surface area contributed by atoms with Crippen LogP contribution in [0.4, 0.5) is 0 Å². The fourth-order valence-electron chi connectivity index (χ4n) is 4.94. The second kappa shape index (κ2) is 7.17. The van der Waals surface area contributed by atoms with Crippen molar-refractivity contribution < 1.29 is 33.7 Å². The molecule has 1 N–H and O–H groups in total. The lowest BCUT2D eigenvalue weighted by molar-refractivity contribution is -0.161. The molecule has 3 aliphatic rings. The highest BCUT2D eigenvalue weighted by atomic mass is 16.6. The topological polar surface area (TPSA) is 99.1 Å². The highest BCUT2D eigenvalue weighted by Crippen LogP contribution is 2.53. The van der Waals surface area contributed by atoms with Gasteiger partial charge in [0.05, 0.1) is 23.4 Å². The number of rotatable bonds is 3. The number of aliphatic hydroxyl groups is 1. The molecule has 0 aromatic rings. The summed E-state index contributed by atoms with van der Waals surface area (Å²) in [6.45, 7) is 10.2. The Kier molecular flexibility index (Phi) is 5.34. The van der Waals surface area contributed by atoms with Crippen LogP contribution < -0.4 is 0 Å². The summed E-state index contributed by atoms with van der Waals surface area (Å²) in [4.78, 5) is 36.2. The van der Waals surface area contributed by atoms with Gasteiger partial charge >= 0.3 is 17.9 Å². The Hall–Kier alpha value is -1.89. The third kappa shape index (κ3) is 3.45. The summed E-state index contributed by atoms with van der Waals surface area (Å²) in [6, 6.07) is 0. The Bertz CT molecular complexity index is 720. The van der Waals surface area contributed by atoms with E-state index in [0.29, 0.717) is 6.42 Å².